The van der Waals surface area contributed by atoms with E-state index in [1.807, 2.05) is 5.38 Å². The van der Waals surface area contributed by atoms with Crippen LogP contribution in [0.4, 0.5) is 11.1 Å². The van der Waals surface area contributed by atoms with Gasteiger partial charge in [0.1, 0.15) is 5.69 Å². The zero-order chi connectivity index (χ0) is 11.7. The largest absolute Gasteiger partial charge is 0.375 e. The van der Waals surface area contributed by atoms with Crippen LogP contribution in [0.3, 0.4) is 0 Å². The van der Waals surface area contributed by atoms with Crippen LogP contribution >= 0.6 is 11.3 Å². The fourth-order valence-electron chi connectivity index (χ4n) is 1.93. The van der Waals surface area contributed by atoms with E-state index in [4.69, 9.17) is 10.3 Å². The van der Waals surface area contributed by atoms with Gasteiger partial charge in [-0.25, -0.2) is 4.98 Å². The van der Waals surface area contributed by atoms with Crippen molar-refractivity contribution in [1.82, 2.24) is 15.1 Å². The Labute approximate surface area is 102 Å². The second-order valence-electron chi connectivity index (χ2n) is 4.02. The van der Waals surface area contributed by atoms with Crippen LogP contribution in [-0.4, -0.2) is 28.2 Å². The van der Waals surface area contributed by atoms with Crippen LogP contribution in [-0.2, 0) is 0 Å². The van der Waals surface area contributed by atoms with Gasteiger partial charge >= 0.3 is 0 Å². The van der Waals surface area contributed by atoms with Gasteiger partial charge in [-0.15, -0.1) is 11.3 Å². The average molecular weight is 251 g/mol. The number of anilines is 2. The lowest BCUT2D eigenvalue weighted by molar-refractivity contribution is 0.425. The topological polar surface area (TPSA) is 81.1 Å². The monoisotopic (exact) mass is 251 g/mol. The second-order valence-corrected chi connectivity index (χ2v) is 4.91. The zero-order valence-electron chi connectivity index (χ0n) is 9.30. The number of rotatable bonds is 2. The lowest BCUT2D eigenvalue weighted by Gasteiger charge is -2.24. The summed E-state index contributed by atoms with van der Waals surface area (Å²) in [6.07, 6.45) is 3.66. The Morgan fingerprint density at radius 3 is 2.76 bits per heavy atom. The van der Waals surface area contributed by atoms with E-state index in [0.717, 1.165) is 13.1 Å². The van der Waals surface area contributed by atoms with Crippen molar-refractivity contribution in [2.24, 2.45) is 0 Å². The van der Waals surface area contributed by atoms with E-state index in [-0.39, 0.29) is 0 Å². The third kappa shape index (κ3) is 2.10. The van der Waals surface area contributed by atoms with E-state index in [9.17, 15) is 0 Å². The highest BCUT2D eigenvalue weighted by atomic mass is 32.1. The molecule has 2 aromatic heterocycles. The van der Waals surface area contributed by atoms with Gasteiger partial charge in [0.25, 0.3) is 11.8 Å². The lowest BCUT2D eigenvalue weighted by Crippen LogP contribution is -2.30. The number of thiazole rings is 1. The highest BCUT2D eigenvalue weighted by Gasteiger charge is 2.18. The van der Waals surface area contributed by atoms with Crippen LogP contribution in [0.1, 0.15) is 19.3 Å². The number of hydrogen-bond acceptors (Lipinski definition) is 7. The molecule has 7 heteroatoms. The van der Waals surface area contributed by atoms with Crippen LogP contribution in [0, 0.1) is 0 Å². The Balaban J connectivity index is 1.82. The molecule has 1 saturated heterocycles. The first-order chi connectivity index (χ1) is 8.33. The fourth-order valence-corrected chi connectivity index (χ4v) is 2.46. The molecule has 2 N–H and O–H groups in total. The normalized spacial score (nSPS) is 16.4. The van der Waals surface area contributed by atoms with E-state index >= 15 is 0 Å². The van der Waals surface area contributed by atoms with Gasteiger partial charge < -0.3 is 15.2 Å². The smallest absolute Gasteiger partial charge is 0.279 e. The van der Waals surface area contributed by atoms with Crippen LogP contribution in [0.5, 0.6) is 0 Å². The van der Waals surface area contributed by atoms with Crippen molar-refractivity contribution in [3.8, 4) is 11.6 Å². The number of hydrogen-bond donors (Lipinski definition) is 1. The summed E-state index contributed by atoms with van der Waals surface area (Å²) in [5.74, 6) is 1.10. The predicted octanol–water partition coefficient (Wildman–Crippen LogP) is 1.77. The summed E-state index contributed by atoms with van der Waals surface area (Å²) in [7, 11) is 0. The molecule has 0 bridgehead atoms. The molecule has 0 unspecified atom stereocenters. The first-order valence-electron chi connectivity index (χ1n) is 5.63. The standard InChI is InChI=1S/C10H13N5OS/c11-9-12-7(6-17-9)8-13-10(14-16-8)15-4-2-1-3-5-15/h6H,1-5H2,(H2,11,12). The van der Waals surface area contributed by atoms with Gasteiger partial charge in [-0.3, -0.25) is 0 Å². The summed E-state index contributed by atoms with van der Waals surface area (Å²) in [6.45, 7) is 2.00. The number of piperidine rings is 1. The van der Waals surface area contributed by atoms with E-state index < -0.39 is 0 Å². The van der Waals surface area contributed by atoms with Crippen molar-refractivity contribution in [3.05, 3.63) is 5.38 Å². The lowest BCUT2D eigenvalue weighted by atomic mass is 10.1. The summed E-state index contributed by atoms with van der Waals surface area (Å²) in [6, 6.07) is 0. The predicted molar refractivity (Wildman–Crippen MR) is 65.9 cm³/mol. The van der Waals surface area contributed by atoms with Crippen LogP contribution in [0.15, 0.2) is 9.90 Å². The maximum absolute atomic E-state index is 5.57. The highest BCUT2D eigenvalue weighted by molar-refractivity contribution is 7.13. The SMILES string of the molecule is Nc1nc(-c2nc(N3CCCCC3)no2)cs1. The molecule has 17 heavy (non-hydrogen) atoms. The highest BCUT2D eigenvalue weighted by Crippen LogP contribution is 2.24. The van der Waals surface area contributed by atoms with Gasteiger partial charge in [-0.1, -0.05) is 0 Å². The molecule has 0 aliphatic carbocycles. The Bertz CT molecular complexity index is 502. The van der Waals surface area contributed by atoms with Gasteiger partial charge in [0.05, 0.1) is 0 Å². The van der Waals surface area contributed by atoms with Crippen LogP contribution in [0.25, 0.3) is 11.6 Å². The molecule has 0 atom stereocenters. The van der Waals surface area contributed by atoms with Crippen LogP contribution in [0.2, 0.25) is 0 Å². The van der Waals surface area contributed by atoms with E-state index in [0.29, 0.717) is 22.7 Å². The minimum Gasteiger partial charge on any atom is -0.375 e. The number of nitrogens with two attached hydrogens (primary N) is 1. The third-order valence-corrected chi connectivity index (χ3v) is 3.47. The Hall–Kier alpha value is -1.63. The van der Waals surface area contributed by atoms with Crippen molar-refractivity contribution in [3.63, 3.8) is 0 Å². The minimum absolute atomic E-state index is 0.443. The van der Waals surface area contributed by atoms with Crippen molar-refractivity contribution in [2.75, 3.05) is 23.7 Å². The van der Waals surface area contributed by atoms with Crippen molar-refractivity contribution < 1.29 is 4.52 Å². The molecule has 0 amide bonds. The maximum atomic E-state index is 5.57. The first kappa shape index (κ1) is 10.5. The summed E-state index contributed by atoms with van der Waals surface area (Å²) >= 11 is 1.37. The first-order valence-corrected chi connectivity index (χ1v) is 6.51. The van der Waals surface area contributed by atoms with Gasteiger partial charge in [-0.2, -0.15) is 4.98 Å². The molecule has 3 heterocycles. The van der Waals surface area contributed by atoms with Crippen LogP contribution < -0.4 is 10.6 Å². The molecular formula is C10H13N5OS. The minimum atomic E-state index is 0.443. The Morgan fingerprint density at radius 2 is 2.06 bits per heavy atom. The van der Waals surface area contributed by atoms with E-state index in [1.54, 1.807) is 0 Å². The fraction of sp³-hybridized carbons (Fsp3) is 0.500. The van der Waals surface area contributed by atoms with Gasteiger partial charge in [0.2, 0.25) is 0 Å². The summed E-state index contributed by atoms with van der Waals surface area (Å²) in [5.41, 5.74) is 6.23. The van der Waals surface area contributed by atoms with Crippen molar-refractivity contribution >= 4 is 22.4 Å². The molecule has 1 aliphatic rings. The van der Waals surface area contributed by atoms with Gasteiger partial charge in [0, 0.05) is 18.5 Å². The number of nitrogen functional groups attached to an aromatic ring is 1. The van der Waals surface area contributed by atoms with Crippen molar-refractivity contribution in [1.29, 1.82) is 0 Å². The van der Waals surface area contributed by atoms with E-state index in [1.165, 1.54) is 30.6 Å². The molecule has 1 fully saturated rings. The average Bonchev–Trinajstić information content (AvgIpc) is 2.98. The second kappa shape index (κ2) is 4.33. The van der Waals surface area contributed by atoms with Crippen molar-refractivity contribution in [2.45, 2.75) is 19.3 Å². The number of aromatic nitrogens is 3. The summed E-state index contributed by atoms with van der Waals surface area (Å²) in [4.78, 5) is 10.6. The molecule has 3 rings (SSSR count). The molecular weight excluding hydrogens is 238 g/mol. The molecule has 6 nitrogen and oxygen atoms in total. The molecule has 1 aliphatic heterocycles. The zero-order valence-corrected chi connectivity index (χ0v) is 10.1. The molecule has 0 radical (unpaired) electrons. The molecule has 90 valence electrons. The summed E-state index contributed by atoms with van der Waals surface area (Å²) in [5, 5.41) is 6.32. The van der Waals surface area contributed by atoms with Gasteiger partial charge in [-0.05, 0) is 24.4 Å². The summed E-state index contributed by atoms with van der Waals surface area (Å²) < 4.78 is 5.20. The maximum Gasteiger partial charge on any atom is 0.279 e. The van der Waals surface area contributed by atoms with E-state index in [2.05, 4.69) is 20.0 Å². The quantitative estimate of drug-likeness (QED) is 0.876. The third-order valence-electron chi connectivity index (χ3n) is 2.80. The Morgan fingerprint density at radius 1 is 1.24 bits per heavy atom. The molecule has 0 aromatic carbocycles. The molecule has 0 spiro atoms. The molecule has 2 aromatic rings. The molecule has 0 saturated carbocycles. The number of nitrogens with zero attached hydrogens (tertiary/aromatic N) is 4. The van der Waals surface area contributed by atoms with Gasteiger partial charge in [0.15, 0.2) is 5.13 Å². The Kier molecular flexibility index (Phi) is 2.68.